The number of methoxy groups -OCH3 is 1. The number of hydrogen-bond donors (Lipinski definition) is 1. The van der Waals surface area contributed by atoms with Gasteiger partial charge in [0.05, 0.1) is 13.7 Å². The van der Waals surface area contributed by atoms with E-state index in [-0.39, 0.29) is 5.91 Å². The molecule has 1 amide bonds. The Bertz CT molecular complexity index is 895. The number of carbonyl (C=O) groups is 1. The van der Waals surface area contributed by atoms with Crippen LogP contribution in [0.3, 0.4) is 0 Å². The first kappa shape index (κ1) is 17.5. The maximum absolute atomic E-state index is 11.9. The summed E-state index contributed by atoms with van der Waals surface area (Å²) in [6.07, 6.45) is 3.28. The number of amides is 1. The zero-order chi connectivity index (χ0) is 18.2. The second-order valence-corrected chi connectivity index (χ2v) is 5.72. The summed E-state index contributed by atoms with van der Waals surface area (Å²) in [5.74, 6) is 1.46. The molecule has 3 aromatic carbocycles. The number of ether oxygens (including phenoxy) is 2. The van der Waals surface area contributed by atoms with Gasteiger partial charge in [-0.05, 0) is 35.2 Å². The van der Waals surface area contributed by atoms with Gasteiger partial charge in [-0.25, -0.2) is 0 Å². The fraction of sp³-hybridized carbons (Fsp3) is 0.136. The Morgan fingerprint density at radius 1 is 1.00 bits per heavy atom. The first-order valence-electron chi connectivity index (χ1n) is 8.47. The van der Waals surface area contributed by atoms with Crippen molar-refractivity contribution in [2.45, 2.75) is 0 Å². The fourth-order valence-electron chi connectivity index (χ4n) is 2.60. The monoisotopic (exact) mass is 347 g/mol. The van der Waals surface area contributed by atoms with E-state index in [9.17, 15) is 4.79 Å². The number of hydrogen-bond acceptors (Lipinski definition) is 3. The second-order valence-electron chi connectivity index (χ2n) is 5.72. The molecule has 0 aliphatic rings. The lowest BCUT2D eigenvalue weighted by molar-refractivity contribution is -0.116. The third-order valence-corrected chi connectivity index (χ3v) is 3.95. The quantitative estimate of drug-likeness (QED) is 0.518. The predicted octanol–water partition coefficient (Wildman–Crippen LogP) is 4.06. The van der Waals surface area contributed by atoms with Crippen molar-refractivity contribution in [1.29, 1.82) is 0 Å². The molecule has 0 fully saturated rings. The van der Waals surface area contributed by atoms with E-state index in [0.717, 1.165) is 27.8 Å². The Balaban J connectivity index is 1.46. The van der Waals surface area contributed by atoms with Crippen molar-refractivity contribution in [1.82, 2.24) is 5.32 Å². The van der Waals surface area contributed by atoms with Crippen LogP contribution in [0.25, 0.3) is 16.8 Å². The molecule has 0 aliphatic heterocycles. The van der Waals surface area contributed by atoms with Gasteiger partial charge < -0.3 is 14.8 Å². The highest BCUT2D eigenvalue weighted by Crippen LogP contribution is 2.24. The molecule has 0 aliphatic carbocycles. The Morgan fingerprint density at radius 2 is 1.77 bits per heavy atom. The van der Waals surface area contributed by atoms with Crippen LogP contribution in [-0.4, -0.2) is 26.2 Å². The summed E-state index contributed by atoms with van der Waals surface area (Å²) in [6, 6.07) is 21.5. The molecule has 0 radical (unpaired) electrons. The Kier molecular flexibility index (Phi) is 5.88. The van der Waals surface area contributed by atoms with Gasteiger partial charge >= 0.3 is 0 Å². The van der Waals surface area contributed by atoms with E-state index in [1.807, 2.05) is 66.7 Å². The normalized spacial score (nSPS) is 10.8. The van der Waals surface area contributed by atoms with Crippen molar-refractivity contribution in [2.75, 3.05) is 20.3 Å². The standard InChI is InChI=1S/C22H21NO3/c1-25-19-12-9-17(10-13-19)11-14-22(24)23-15-16-26-21-8-4-6-18-5-2-3-7-20(18)21/h2-14H,15-16H2,1H3,(H,23,24)/b14-11+. The summed E-state index contributed by atoms with van der Waals surface area (Å²) in [4.78, 5) is 11.9. The van der Waals surface area contributed by atoms with Gasteiger partial charge in [-0.2, -0.15) is 0 Å². The maximum Gasteiger partial charge on any atom is 0.244 e. The lowest BCUT2D eigenvalue weighted by atomic mass is 10.1. The molecule has 3 aromatic rings. The van der Waals surface area contributed by atoms with E-state index >= 15 is 0 Å². The van der Waals surface area contributed by atoms with Crippen LogP contribution in [0.4, 0.5) is 0 Å². The molecule has 0 aromatic heterocycles. The highest BCUT2D eigenvalue weighted by molar-refractivity contribution is 5.91. The van der Waals surface area contributed by atoms with Crippen molar-refractivity contribution in [3.05, 3.63) is 78.4 Å². The van der Waals surface area contributed by atoms with E-state index in [1.165, 1.54) is 6.08 Å². The SMILES string of the molecule is COc1ccc(/C=C/C(=O)NCCOc2cccc3ccccc23)cc1. The molecule has 0 heterocycles. The van der Waals surface area contributed by atoms with Crippen LogP contribution < -0.4 is 14.8 Å². The first-order chi connectivity index (χ1) is 12.8. The zero-order valence-electron chi connectivity index (χ0n) is 14.6. The minimum absolute atomic E-state index is 0.151. The zero-order valence-corrected chi connectivity index (χ0v) is 14.6. The van der Waals surface area contributed by atoms with Crippen molar-refractivity contribution in [3.8, 4) is 11.5 Å². The summed E-state index contributed by atoms with van der Waals surface area (Å²) in [5, 5.41) is 5.02. The summed E-state index contributed by atoms with van der Waals surface area (Å²) in [7, 11) is 1.62. The number of nitrogens with one attached hydrogen (secondary N) is 1. The van der Waals surface area contributed by atoms with E-state index in [1.54, 1.807) is 13.2 Å². The lowest BCUT2D eigenvalue weighted by Crippen LogP contribution is -2.26. The Morgan fingerprint density at radius 3 is 2.58 bits per heavy atom. The molecule has 4 heteroatoms. The van der Waals surface area contributed by atoms with E-state index in [0.29, 0.717) is 13.2 Å². The van der Waals surface area contributed by atoms with Crippen LogP contribution in [0.15, 0.2) is 72.8 Å². The highest BCUT2D eigenvalue weighted by Gasteiger charge is 2.01. The molecule has 0 atom stereocenters. The van der Waals surface area contributed by atoms with Gasteiger partial charge in [0.2, 0.25) is 5.91 Å². The molecule has 0 saturated heterocycles. The van der Waals surface area contributed by atoms with Crippen LogP contribution in [0.5, 0.6) is 11.5 Å². The molecule has 0 bridgehead atoms. The number of benzene rings is 3. The average Bonchev–Trinajstić information content (AvgIpc) is 2.70. The van der Waals surface area contributed by atoms with Gasteiger partial charge in [0.25, 0.3) is 0 Å². The van der Waals surface area contributed by atoms with Crippen LogP contribution >= 0.6 is 0 Å². The van der Waals surface area contributed by atoms with Gasteiger partial charge in [0, 0.05) is 11.5 Å². The third-order valence-electron chi connectivity index (χ3n) is 3.95. The maximum atomic E-state index is 11.9. The van der Waals surface area contributed by atoms with Crippen LogP contribution in [0, 0.1) is 0 Å². The third kappa shape index (κ3) is 4.63. The predicted molar refractivity (Wildman–Crippen MR) is 104 cm³/mol. The van der Waals surface area contributed by atoms with Gasteiger partial charge in [-0.15, -0.1) is 0 Å². The summed E-state index contributed by atoms with van der Waals surface area (Å²) in [5.41, 5.74) is 0.938. The summed E-state index contributed by atoms with van der Waals surface area (Å²) < 4.78 is 10.9. The number of carbonyl (C=O) groups excluding carboxylic acids is 1. The second kappa shape index (κ2) is 8.72. The van der Waals surface area contributed by atoms with Crippen LogP contribution in [-0.2, 0) is 4.79 Å². The van der Waals surface area contributed by atoms with Crippen LogP contribution in [0.2, 0.25) is 0 Å². The Labute approximate surface area is 153 Å². The van der Waals surface area contributed by atoms with Crippen molar-refractivity contribution < 1.29 is 14.3 Å². The van der Waals surface area contributed by atoms with Gasteiger partial charge in [-0.3, -0.25) is 4.79 Å². The molecule has 0 saturated carbocycles. The van der Waals surface area contributed by atoms with Crippen molar-refractivity contribution in [3.63, 3.8) is 0 Å². The first-order valence-corrected chi connectivity index (χ1v) is 8.47. The molecular weight excluding hydrogens is 326 g/mol. The average molecular weight is 347 g/mol. The molecule has 1 N–H and O–H groups in total. The van der Waals surface area contributed by atoms with E-state index in [4.69, 9.17) is 9.47 Å². The topological polar surface area (TPSA) is 47.6 Å². The number of rotatable bonds is 7. The minimum atomic E-state index is -0.151. The number of fused-ring (bicyclic) bond motifs is 1. The smallest absolute Gasteiger partial charge is 0.244 e. The molecule has 4 nitrogen and oxygen atoms in total. The summed E-state index contributed by atoms with van der Waals surface area (Å²) in [6.45, 7) is 0.852. The molecule has 3 rings (SSSR count). The molecule has 0 spiro atoms. The van der Waals surface area contributed by atoms with E-state index in [2.05, 4.69) is 5.32 Å². The fourth-order valence-corrected chi connectivity index (χ4v) is 2.60. The van der Waals surface area contributed by atoms with Gasteiger partial charge in [0.15, 0.2) is 0 Å². The van der Waals surface area contributed by atoms with E-state index < -0.39 is 0 Å². The molecular formula is C22H21NO3. The Hall–Kier alpha value is -3.27. The molecule has 132 valence electrons. The molecule has 0 unspecified atom stereocenters. The lowest BCUT2D eigenvalue weighted by Gasteiger charge is -2.09. The largest absolute Gasteiger partial charge is 0.497 e. The summed E-state index contributed by atoms with van der Waals surface area (Å²) >= 11 is 0. The van der Waals surface area contributed by atoms with Crippen molar-refractivity contribution >= 4 is 22.8 Å². The molecule has 26 heavy (non-hydrogen) atoms. The van der Waals surface area contributed by atoms with Crippen molar-refractivity contribution in [2.24, 2.45) is 0 Å². The van der Waals surface area contributed by atoms with Gasteiger partial charge in [-0.1, -0.05) is 48.5 Å². The van der Waals surface area contributed by atoms with Gasteiger partial charge in [0.1, 0.15) is 18.1 Å². The van der Waals surface area contributed by atoms with Crippen LogP contribution in [0.1, 0.15) is 5.56 Å². The minimum Gasteiger partial charge on any atom is -0.497 e. The highest BCUT2D eigenvalue weighted by atomic mass is 16.5.